The molecule has 0 bridgehead atoms. The lowest BCUT2D eigenvalue weighted by molar-refractivity contribution is 0.0957. The van der Waals surface area contributed by atoms with Gasteiger partial charge in [0.2, 0.25) is 0 Å². The normalized spacial score (nSPS) is 9.23. The zero-order valence-corrected chi connectivity index (χ0v) is 8.15. The fraction of sp³-hybridized carbons (Fsp3) is 0.333. The van der Waals surface area contributed by atoms with E-state index >= 15 is 0 Å². The second-order valence-electron chi connectivity index (χ2n) is 2.53. The first-order valence-corrected chi connectivity index (χ1v) is 4.93. The van der Waals surface area contributed by atoms with Crippen LogP contribution in [0.4, 0.5) is 0 Å². The number of carbonyl (C=O) groups excluding carboxylic acids is 1. The molecule has 0 saturated carbocycles. The van der Waals surface area contributed by atoms with Gasteiger partial charge in [0, 0.05) is 6.54 Å². The van der Waals surface area contributed by atoms with Crippen LogP contribution < -0.4 is 5.32 Å². The lowest BCUT2D eigenvalue weighted by Crippen LogP contribution is -2.23. The summed E-state index contributed by atoms with van der Waals surface area (Å²) in [5.41, 5.74) is 0.457. The number of hydrogen-bond acceptors (Lipinski definition) is 3. The molecule has 1 N–H and O–H groups in total. The summed E-state index contributed by atoms with van der Waals surface area (Å²) in [6.45, 7) is 2.64. The van der Waals surface area contributed by atoms with Crippen LogP contribution in [0.15, 0.2) is 11.4 Å². The van der Waals surface area contributed by atoms with Crippen LogP contribution in [0.2, 0.25) is 0 Å². The van der Waals surface area contributed by atoms with Gasteiger partial charge < -0.3 is 5.32 Å². The molecule has 0 aliphatic carbocycles. The van der Waals surface area contributed by atoms with E-state index in [4.69, 9.17) is 5.26 Å². The van der Waals surface area contributed by atoms with Crippen molar-refractivity contribution in [1.29, 1.82) is 5.26 Å². The van der Waals surface area contributed by atoms with Gasteiger partial charge in [-0.05, 0) is 17.9 Å². The van der Waals surface area contributed by atoms with E-state index in [-0.39, 0.29) is 5.91 Å². The van der Waals surface area contributed by atoms with Crippen LogP contribution in [0.25, 0.3) is 0 Å². The van der Waals surface area contributed by atoms with Crippen LogP contribution in [0.5, 0.6) is 0 Å². The summed E-state index contributed by atoms with van der Waals surface area (Å²) < 4.78 is 0. The average molecular weight is 194 g/mol. The number of amides is 1. The Hall–Kier alpha value is -1.34. The zero-order valence-electron chi connectivity index (χ0n) is 7.33. The van der Waals surface area contributed by atoms with Crippen molar-refractivity contribution in [1.82, 2.24) is 5.32 Å². The fourth-order valence-electron chi connectivity index (χ4n) is 0.892. The SMILES string of the molecule is CCCNC(=O)c1sccc1C#N. The van der Waals surface area contributed by atoms with Crippen LogP contribution in [0.1, 0.15) is 28.6 Å². The van der Waals surface area contributed by atoms with Gasteiger partial charge in [0.05, 0.1) is 5.56 Å². The summed E-state index contributed by atoms with van der Waals surface area (Å²) in [7, 11) is 0. The van der Waals surface area contributed by atoms with Crippen molar-refractivity contribution in [2.75, 3.05) is 6.54 Å². The monoisotopic (exact) mass is 194 g/mol. The van der Waals surface area contributed by atoms with E-state index < -0.39 is 0 Å². The van der Waals surface area contributed by atoms with Gasteiger partial charge in [0.15, 0.2) is 0 Å². The third-order valence-electron chi connectivity index (χ3n) is 1.53. The first-order chi connectivity index (χ1) is 6.29. The lowest BCUT2D eigenvalue weighted by Gasteiger charge is -2.00. The minimum absolute atomic E-state index is 0.145. The molecule has 13 heavy (non-hydrogen) atoms. The van der Waals surface area contributed by atoms with E-state index in [0.717, 1.165) is 6.42 Å². The standard InChI is InChI=1S/C9H10N2OS/c1-2-4-11-9(12)8-7(6-10)3-5-13-8/h3,5H,2,4H2,1H3,(H,11,12). The van der Waals surface area contributed by atoms with Gasteiger partial charge in [-0.25, -0.2) is 0 Å². The molecular formula is C9H10N2OS. The van der Waals surface area contributed by atoms with Gasteiger partial charge in [0.1, 0.15) is 10.9 Å². The van der Waals surface area contributed by atoms with Gasteiger partial charge in [-0.3, -0.25) is 4.79 Å². The van der Waals surface area contributed by atoms with Crippen molar-refractivity contribution >= 4 is 17.2 Å². The molecule has 1 amide bonds. The van der Waals surface area contributed by atoms with Gasteiger partial charge in [-0.1, -0.05) is 6.92 Å². The molecule has 0 aromatic carbocycles. The van der Waals surface area contributed by atoms with E-state index in [9.17, 15) is 4.79 Å². The van der Waals surface area contributed by atoms with E-state index in [1.165, 1.54) is 11.3 Å². The molecule has 1 aromatic heterocycles. The van der Waals surface area contributed by atoms with E-state index in [1.807, 2.05) is 13.0 Å². The second-order valence-corrected chi connectivity index (χ2v) is 3.45. The van der Waals surface area contributed by atoms with Crippen molar-refractivity contribution < 1.29 is 4.79 Å². The van der Waals surface area contributed by atoms with Crippen LogP contribution in [-0.2, 0) is 0 Å². The van der Waals surface area contributed by atoms with E-state index in [2.05, 4.69) is 5.32 Å². The molecule has 4 heteroatoms. The summed E-state index contributed by atoms with van der Waals surface area (Å²) in [4.78, 5) is 11.9. The number of carbonyl (C=O) groups is 1. The fourth-order valence-corrected chi connectivity index (χ4v) is 1.65. The maximum Gasteiger partial charge on any atom is 0.262 e. The summed E-state index contributed by atoms with van der Waals surface area (Å²) in [5.74, 6) is -0.145. The van der Waals surface area contributed by atoms with Crippen molar-refractivity contribution in [2.24, 2.45) is 0 Å². The Labute approximate surface area is 81.0 Å². The van der Waals surface area contributed by atoms with Crippen molar-refractivity contribution in [3.8, 4) is 6.07 Å². The molecule has 1 heterocycles. The highest BCUT2D eigenvalue weighted by Crippen LogP contribution is 2.15. The number of nitrogens with one attached hydrogen (secondary N) is 1. The first kappa shape index (κ1) is 9.75. The molecule has 0 aliphatic heterocycles. The first-order valence-electron chi connectivity index (χ1n) is 4.05. The highest BCUT2D eigenvalue weighted by molar-refractivity contribution is 7.12. The molecular weight excluding hydrogens is 184 g/mol. The molecule has 0 atom stereocenters. The van der Waals surface area contributed by atoms with Crippen molar-refractivity contribution in [2.45, 2.75) is 13.3 Å². The highest BCUT2D eigenvalue weighted by atomic mass is 32.1. The smallest absolute Gasteiger partial charge is 0.262 e. The minimum Gasteiger partial charge on any atom is -0.351 e. The minimum atomic E-state index is -0.145. The van der Waals surface area contributed by atoms with Gasteiger partial charge >= 0.3 is 0 Å². The van der Waals surface area contributed by atoms with Crippen molar-refractivity contribution in [3.05, 3.63) is 21.9 Å². The van der Waals surface area contributed by atoms with Crippen LogP contribution in [0, 0.1) is 11.3 Å². The molecule has 68 valence electrons. The largest absolute Gasteiger partial charge is 0.351 e. The molecule has 1 aromatic rings. The van der Waals surface area contributed by atoms with Gasteiger partial charge in [-0.15, -0.1) is 11.3 Å². The molecule has 0 radical (unpaired) electrons. The van der Waals surface area contributed by atoms with Crippen molar-refractivity contribution in [3.63, 3.8) is 0 Å². The molecule has 0 saturated heterocycles. The molecule has 0 spiro atoms. The zero-order chi connectivity index (χ0) is 9.68. The predicted octanol–water partition coefficient (Wildman–Crippen LogP) is 1.76. The Kier molecular flexibility index (Phi) is 3.47. The number of hydrogen-bond donors (Lipinski definition) is 1. The Morgan fingerprint density at radius 1 is 1.77 bits per heavy atom. The van der Waals surface area contributed by atoms with Gasteiger partial charge in [0.25, 0.3) is 5.91 Å². The van der Waals surface area contributed by atoms with Crippen LogP contribution in [0.3, 0.4) is 0 Å². The molecule has 3 nitrogen and oxygen atoms in total. The Bertz CT molecular complexity index is 338. The summed E-state index contributed by atoms with van der Waals surface area (Å²) in [6.07, 6.45) is 0.902. The maximum absolute atomic E-state index is 11.4. The Morgan fingerprint density at radius 2 is 2.54 bits per heavy atom. The van der Waals surface area contributed by atoms with E-state index in [1.54, 1.807) is 11.4 Å². The van der Waals surface area contributed by atoms with Crippen LogP contribution >= 0.6 is 11.3 Å². The summed E-state index contributed by atoms with van der Waals surface area (Å²) in [6, 6.07) is 3.64. The number of thiophene rings is 1. The predicted molar refractivity (Wildman–Crippen MR) is 51.7 cm³/mol. The third-order valence-corrected chi connectivity index (χ3v) is 2.44. The number of nitriles is 1. The number of rotatable bonds is 3. The lowest BCUT2D eigenvalue weighted by atomic mass is 10.3. The Balaban J connectivity index is 2.72. The van der Waals surface area contributed by atoms with Gasteiger partial charge in [-0.2, -0.15) is 5.26 Å². The third kappa shape index (κ3) is 2.30. The highest BCUT2D eigenvalue weighted by Gasteiger charge is 2.11. The Morgan fingerprint density at radius 3 is 3.15 bits per heavy atom. The maximum atomic E-state index is 11.4. The second kappa shape index (κ2) is 4.63. The average Bonchev–Trinajstić information content (AvgIpc) is 2.61. The molecule has 0 fully saturated rings. The topological polar surface area (TPSA) is 52.9 Å². The number of nitrogens with zero attached hydrogens (tertiary/aromatic N) is 1. The quantitative estimate of drug-likeness (QED) is 0.797. The summed E-state index contributed by atoms with van der Waals surface area (Å²) >= 11 is 1.30. The molecule has 1 rings (SSSR count). The molecule has 0 unspecified atom stereocenters. The summed E-state index contributed by atoms with van der Waals surface area (Å²) in [5, 5.41) is 13.1. The van der Waals surface area contributed by atoms with E-state index in [0.29, 0.717) is 17.0 Å². The molecule has 0 aliphatic rings. The van der Waals surface area contributed by atoms with Crippen LogP contribution in [-0.4, -0.2) is 12.5 Å².